The second kappa shape index (κ2) is 3.67. The Morgan fingerprint density at radius 1 is 1.83 bits per heavy atom. The standard InChI is InChI=1S/C8H9BrN2O/c1-6-3-10-8(12)11(4-6)5-7(2)9/h3-4H,2,5H2,1H3. The van der Waals surface area contributed by atoms with Crippen LogP contribution in [0, 0.1) is 6.92 Å². The van der Waals surface area contributed by atoms with Gasteiger partial charge >= 0.3 is 5.69 Å². The minimum atomic E-state index is -0.249. The Kier molecular flexibility index (Phi) is 2.81. The van der Waals surface area contributed by atoms with Crippen molar-refractivity contribution in [1.82, 2.24) is 9.55 Å². The summed E-state index contributed by atoms with van der Waals surface area (Å²) in [6.45, 7) is 6.00. The highest BCUT2D eigenvalue weighted by molar-refractivity contribution is 9.11. The monoisotopic (exact) mass is 228 g/mol. The van der Waals surface area contributed by atoms with Crippen LogP contribution in [-0.2, 0) is 6.54 Å². The summed E-state index contributed by atoms with van der Waals surface area (Å²) >= 11 is 3.19. The van der Waals surface area contributed by atoms with Crippen LogP contribution in [0.3, 0.4) is 0 Å². The van der Waals surface area contributed by atoms with Crippen LogP contribution in [-0.4, -0.2) is 9.55 Å². The van der Waals surface area contributed by atoms with Gasteiger partial charge in [0, 0.05) is 16.9 Å². The lowest BCUT2D eigenvalue weighted by Gasteiger charge is -2.02. The molecule has 0 aliphatic carbocycles. The van der Waals surface area contributed by atoms with Crippen molar-refractivity contribution < 1.29 is 0 Å². The number of hydrogen-bond acceptors (Lipinski definition) is 2. The molecule has 0 amide bonds. The van der Waals surface area contributed by atoms with Crippen LogP contribution < -0.4 is 5.69 Å². The SMILES string of the molecule is C=C(Br)Cn1cc(C)cnc1=O. The van der Waals surface area contributed by atoms with Gasteiger partial charge in [0.15, 0.2) is 0 Å². The van der Waals surface area contributed by atoms with Gasteiger partial charge in [0.05, 0.1) is 6.54 Å². The van der Waals surface area contributed by atoms with Gasteiger partial charge in [-0.15, -0.1) is 0 Å². The van der Waals surface area contributed by atoms with Crippen LogP contribution in [0.4, 0.5) is 0 Å². The lowest BCUT2D eigenvalue weighted by Crippen LogP contribution is -2.22. The second-order valence-electron chi connectivity index (χ2n) is 2.56. The van der Waals surface area contributed by atoms with E-state index in [1.807, 2.05) is 6.92 Å². The third-order valence-electron chi connectivity index (χ3n) is 1.33. The Bertz CT molecular complexity index is 356. The summed E-state index contributed by atoms with van der Waals surface area (Å²) in [5.74, 6) is 0. The minimum Gasteiger partial charge on any atom is -0.294 e. The second-order valence-corrected chi connectivity index (χ2v) is 3.68. The van der Waals surface area contributed by atoms with Gasteiger partial charge in [-0.2, -0.15) is 0 Å². The van der Waals surface area contributed by atoms with Crippen molar-refractivity contribution in [3.63, 3.8) is 0 Å². The van der Waals surface area contributed by atoms with Crippen LogP contribution >= 0.6 is 15.9 Å². The normalized spacial score (nSPS) is 9.83. The maximum absolute atomic E-state index is 11.1. The van der Waals surface area contributed by atoms with Gasteiger partial charge in [0.1, 0.15) is 0 Å². The maximum Gasteiger partial charge on any atom is 0.347 e. The van der Waals surface area contributed by atoms with Crippen molar-refractivity contribution in [2.24, 2.45) is 0 Å². The molecular formula is C8H9BrN2O. The van der Waals surface area contributed by atoms with E-state index in [-0.39, 0.29) is 5.69 Å². The molecule has 0 aliphatic rings. The lowest BCUT2D eigenvalue weighted by molar-refractivity contribution is 0.733. The highest BCUT2D eigenvalue weighted by atomic mass is 79.9. The predicted molar refractivity (Wildman–Crippen MR) is 51.3 cm³/mol. The number of aromatic nitrogens is 2. The molecular weight excluding hydrogens is 220 g/mol. The molecule has 0 radical (unpaired) electrons. The molecule has 4 heteroatoms. The van der Waals surface area contributed by atoms with E-state index >= 15 is 0 Å². The molecule has 0 saturated carbocycles. The largest absolute Gasteiger partial charge is 0.347 e. The number of allylic oxidation sites excluding steroid dienone is 1. The first-order valence-corrected chi connectivity index (χ1v) is 4.25. The first-order chi connectivity index (χ1) is 5.59. The topological polar surface area (TPSA) is 34.9 Å². The summed E-state index contributed by atoms with van der Waals surface area (Å²) in [7, 11) is 0. The summed E-state index contributed by atoms with van der Waals surface area (Å²) < 4.78 is 2.27. The van der Waals surface area contributed by atoms with Crippen molar-refractivity contribution in [2.45, 2.75) is 13.5 Å². The summed E-state index contributed by atoms with van der Waals surface area (Å²) in [4.78, 5) is 14.8. The molecule has 0 fully saturated rings. The average molecular weight is 229 g/mol. The van der Waals surface area contributed by atoms with Crippen LogP contribution in [0.15, 0.2) is 28.2 Å². The minimum absolute atomic E-state index is 0.249. The molecule has 1 aromatic rings. The van der Waals surface area contributed by atoms with E-state index < -0.39 is 0 Å². The third-order valence-corrected chi connectivity index (χ3v) is 1.58. The van der Waals surface area contributed by atoms with Gasteiger partial charge in [0.2, 0.25) is 0 Å². The van der Waals surface area contributed by atoms with E-state index in [2.05, 4.69) is 27.5 Å². The quantitative estimate of drug-likeness (QED) is 0.769. The molecule has 1 heterocycles. The number of halogens is 1. The van der Waals surface area contributed by atoms with E-state index in [4.69, 9.17) is 0 Å². The fourth-order valence-electron chi connectivity index (χ4n) is 0.864. The first kappa shape index (κ1) is 9.19. The zero-order valence-electron chi connectivity index (χ0n) is 6.75. The molecule has 0 aromatic carbocycles. The van der Waals surface area contributed by atoms with Gasteiger partial charge in [0.25, 0.3) is 0 Å². The molecule has 0 bridgehead atoms. The van der Waals surface area contributed by atoms with Crippen molar-refractivity contribution in [1.29, 1.82) is 0 Å². The molecule has 0 unspecified atom stereocenters. The van der Waals surface area contributed by atoms with Crippen LogP contribution in [0.1, 0.15) is 5.56 Å². The van der Waals surface area contributed by atoms with Crippen molar-refractivity contribution in [2.75, 3.05) is 0 Å². The van der Waals surface area contributed by atoms with Gasteiger partial charge in [-0.1, -0.05) is 22.5 Å². The first-order valence-electron chi connectivity index (χ1n) is 3.46. The molecule has 0 aliphatic heterocycles. The van der Waals surface area contributed by atoms with Crippen LogP contribution in [0.5, 0.6) is 0 Å². The fourth-order valence-corrected chi connectivity index (χ4v) is 1.13. The Morgan fingerprint density at radius 2 is 2.50 bits per heavy atom. The van der Waals surface area contributed by atoms with Crippen molar-refractivity contribution >= 4 is 15.9 Å². The molecule has 0 atom stereocenters. The molecule has 1 aromatic heterocycles. The Balaban J connectivity index is 3.06. The Hall–Kier alpha value is -0.900. The van der Waals surface area contributed by atoms with E-state index in [1.165, 1.54) is 4.57 Å². The zero-order chi connectivity index (χ0) is 9.14. The Labute approximate surface area is 78.9 Å². The van der Waals surface area contributed by atoms with Gasteiger partial charge < -0.3 is 0 Å². The number of hydrogen-bond donors (Lipinski definition) is 0. The molecule has 0 saturated heterocycles. The predicted octanol–water partition coefficient (Wildman–Crippen LogP) is 1.46. The number of aryl methyl sites for hydroxylation is 1. The summed E-state index contributed by atoms with van der Waals surface area (Å²) in [5.41, 5.74) is 0.713. The van der Waals surface area contributed by atoms with Gasteiger partial charge in [-0.3, -0.25) is 4.57 Å². The van der Waals surface area contributed by atoms with E-state index in [1.54, 1.807) is 12.4 Å². The molecule has 0 spiro atoms. The van der Waals surface area contributed by atoms with Crippen molar-refractivity contribution in [3.8, 4) is 0 Å². The fraction of sp³-hybridized carbons (Fsp3) is 0.250. The Morgan fingerprint density at radius 3 is 3.08 bits per heavy atom. The maximum atomic E-state index is 11.1. The van der Waals surface area contributed by atoms with Crippen molar-refractivity contribution in [3.05, 3.63) is 39.5 Å². The number of nitrogens with zero attached hydrogens (tertiary/aromatic N) is 2. The summed E-state index contributed by atoms with van der Waals surface area (Å²) in [5, 5.41) is 0. The summed E-state index contributed by atoms with van der Waals surface area (Å²) in [6.07, 6.45) is 3.30. The third kappa shape index (κ3) is 2.30. The number of rotatable bonds is 2. The zero-order valence-corrected chi connectivity index (χ0v) is 8.34. The highest BCUT2D eigenvalue weighted by Gasteiger charge is 1.96. The molecule has 0 N–H and O–H groups in total. The molecule has 64 valence electrons. The summed E-state index contributed by atoms with van der Waals surface area (Å²) in [6, 6.07) is 0. The smallest absolute Gasteiger partial charge is 0.294 e. The van der Waals surface area contributed by atoms with Crippen LogP contribution in [0.2, 0.25) is 0 Å². The van der Waals surface area contributed by atoms with Crippen LogP contribution in [0.25, 0.3) is 0 Å². The lowest BCUT2D eigenvalue weighted by atomic mass is 10.4. The average Bonchev–Trinajstić information content (AvgIpc) is 1.96. The van der Waals surface area contributed by atoms with Gasteiger partial charge in [-0.25, -0.2) is 9.78 Å². The molecule has 3 nitrogen and oxygen atoms in total. The van der Waals surface area contributed by atoms with E-state index in [0.29, 0.717) is 6.54 Å². The van der Waals surface area contributed by atoms with E-state index in [9.17, 15) is 4.79 Å². The molecule has 12 heavy (non-hydrogen) atoms. The van der Waals surface area contributed by atoms with E-state index in [0.717, 1.165) is 10.0 Å². The highest BCUT2D eigenvalue weighted by Crippen LogP contribution is 2.02. The molecule has 1 rings (SSSR count). The van der Waals surface area contributed by atoms with Gasteiger partial charge in [-0.05, 0) is 12.5 Å².